The zero-order valence-electron chi connectivity index (χ0n) is 18.9. The summed E-state index contributed by atoms with van der Waals surface area (Å²) < 4.78 is 71.3. The molecule has 1 aromatic rings. The van der Waals surface area contributed by atoms with Crippen LogP contribution < -0.4 is 0 Å². The predicted octanol–water partition coefficient (Wildman–Crippen LogP) is 1.99. The van der Waals surface area contributed by atoms with E-state index >= 15 is 0 Å². The van der Waals surface area contributed by atoms with Crippen LogP contribution in [0.25, 0.3) is 0 Å². The molecule has 0 saturated carbocycles. The molecule has 1 aliphatic rings. The first kappa shape index (κ1) is 27.6. The van der Waals surface area contributed by atoms with Crippen LogP contribution in [0.5, 0.6) is 0 Å². The van der Waals surface area contributed by atoms with Gasteiger partial charge in [-0.1, -0.05) is 18.2 Å². The molecule has 1 aliphatic heterocycles. The van der Waals surface area contributed by atoms with Gasteiger partial charge in [-0.25, -0.2) is 9.79 Å². The van der Waals surface area contributed by atoms with E-state index in [1.54, 1.807) is 6.07 Å². The van der Waals surface area contributed by atoms with Crippen molar-refractivity contribution in [2.24, 2.45) is 4.99 Å². The van der Waals surface area contributed by atoms with Gasteiger partial charge >= 0.3 is 30.1 Å². The summed E-state index contributed by atoms with van der Waals surface area (Å²) in [6.45, 7) is 2.81. The molecule has 0 aromatic heterocycles. The molecule has 1 fully saturated rings. The number of hydrogen-bond acceptors (Lipinski definition) is 11. The Labute approximate surface area is 197 Å². The molecule has 0 unspecified atom stereocenters. The normalized spacial score (nSPS) is 24.7. The second kappa shape index (κ2) is 11.6. The average Bonchev–Trinajstić information content (AvgIpc) is 2.75. The minimum absolute atomic E-state index is 0.140. The predicted molar refractivity (Wildman–Crippen MR) is 108 cm³/mol. The fourth-order valence-corrected chi connectivity index (χ4v) is 3.06. The number of para-hydroxylation sites is 1. The molecule has 0 aliphatic carbocycles. The number of hydrogen-bond donors (Lipinski definition) is 0. The Hall–Kier alpha value is -3.68. The van der Waals surface area contributed by atoms with Crippen LogP contribution in [0.1, 0.15) is 20.8 Å². The van der Waals surface area contributed by atoms with Crippen molar-refractivity contribution in [1.29, 1.82) is 0 Å². The molecule has 192 valence electrons. The van der Waals surface area contributed by atoms with Crippen LogP contribution in [0, 0.1) is 0 Å². The van der Waals surface area contributed by atoms with Gasteiger partial charge in [0.25, 0.3) is 5.90 Å². The minimum Gasteiger partial charge on any atom is -0.467 e. The minimum atomic E-state index is -5.16. The molecule has 0 radical (unpaired) electrons. The summed E-state index contributed by atoms with van der Waals surface area (Å²) in [6, 6.07) is 6.93. The van der Waals surface area contributed by atoms with Crippen molar-refractivity contribution in [2.45, 2.75) is 57.7 Å². The van der Waals surface area contributed by atoms with E-state index in [0.717, 1.165) is 27.9 Å². The highest BCUT2D eigenvalue weighted by molar-refractivity contribution is 5.85. The summed E-state index contributed by atoms with van der Waals surface area (Å²) in [4.78, 5) is 50.9. The first-order valence-electron chi connectivity index (χ1n) is 9.96. The van der Waals surface area contributed by atoms with Crippen molar-refractivity contribution >= 4 is 35.5 Å². The van der Waals surface area contributed by atoms with E-state index < -0.39 is 66.7 Å². The first-order valence-corrected chi connectivity index (χ1v) is 9.96. The maximum Gasteiger partial charge on any atom is 0.468 e. The van der Waals surface area contributed by atoms with Crippen LogP contribution in [0.2, 0.25) is 0 Å². The lowest BCUT2D eigenvalue weighted by Gasteiger charge is -2.43. The number of methoxy groups -OCH3 is 1. The van der Waals surface area contributed by atoms with E-state index in [9.17, 15) is 32.3 Å². The van der Waals surface area contributed by atoms with Gasteiger partial charge in [0.2, 0.25) is 12.4 Å². The summed E-state index contributed by atoms with van der Waals surface area (Å²) in [5.74, 6) is -6.01. The van der Waals surface area contributed by atoms with Gasteiger partial charge in [0.15, 0.2) is 18.3 Å². The maximum atomic E-state index is 13.8. The zero-order valence-corrected chi connectivity index (χ0v) is 18.9. The highest BCUT2D eigenvalue weighted by Crippen LogP contribution is 2.32. The van der Waals surface area contributed by atoms with E-state index in [-0.39, 0.29) is 5.69 Å². The molecule has 5 atom stereocenters. The van der Waals surface area contributed by atoms with Gasteiger partial charge in [-0.05, 0) is 12.1 Å². The van der Waals surface area contributed by atoms with Gasteiger partial charge in [-0.15, -0.1) is 0 Å². The van der Waals surface area contributed by atoms with Crippen LogP contribution in [0.4, 0.5) is 18.9 Å². The molecule has 0 bridgehead atoms. The SMILES string of the molecule is COC(=O)[C@H]1O[C@H](OC(=Nc2ccccc2)C(F)(F)F)[C@H](OC(C)=O)[C@H](OC(C)=O)[C@@H]1OC(C)=O. The van der Waals surface area contributed by atoms with Gasteiger partial charge < -0.3 is 28.4 Å². The maximum absolute atomic E-state index is 13.8. The van der Waals surface area contributed by atoms with E-state index in [2.05, 4.69) is 9.73 Å². The smallest absolute Gasteiger partial charge is 0.467 e. The number of carbonyl (C=O) groups excluding carboxylic acids is 4. The number of benzene rings is 1. The lowest BCUT2D eigenvalue weighted by Crippen LogP contribution is -2.64. The number of esters is 4. The number of nitrogens with zero attached hydrogens (tertiary/aromatic N) is 1. The van der Waals surface area contributed by atoms with E-state index in [0.29, 0.717) is 0 Å². The van der Waals surface area contributed by atoms with Gasteiger partial charge in [0.1, 0.15) is 0 Å². The average molecular weight is 505 g/mol. The standard InChI is InChI=1S/C21H22F3NO10/c1-10(26)31-14-15(32-11(2)27)17(33-12(3)28)19(34-16(14)18(29)30-4)35-20(21(22,23)24)25-13-8-6-5-7-9-13/h5-9,14-17,19H,1-4H3/t14-,15+,16-,17+,19+/m0/s1. The molecule has 1 aromatic carbocycles. The van der Waals surface area contributed by atoms with E-state index in [4.69, 9.17) is 23.7 Å². The highest BCUT2D eigenvalue weighted by atomic mass is 19.4. The van der Waals surface area contributed by atoms with Crippen LogP contribution in [-0.2, 0) is 47.6 Å². The van der Waals surface area contributed by atoms with Crippen LogP contribution in [-0.4, -0.2) is 73.8 Å². The summed E-state index contributed by atoms with van der Waals surface area (Å²) in [6.07, 6.45) is -14.8. The molecule has 2 rings (SSSR count). The third kappa shape index (κ3) is 7.67. The van der Waals surface area contributed by atoms with Gasteiger partial charge in [0.05, 0.1) is 12.8 Å². The van der Waals surface area contributed by atoms with Crippen molar-refractivity contribution in [3.8, 4) is 0 Å². The molecule has 1 heterocycles. The van der Waals surface area contributed by atoms with Crippen LogP contribution >= 0.6 is 0 Å². The van der Waals surface area contributed by atoms with Crippen molar-refractivity contribution in [3.05, 3.63) is 30.3 Å². The molecule has 0 amide bonds. The molecular weight excluding hydrogens is 483 g/mol. The number of alkyl halides is 3. The second-order valence-electron chi connectivity index (χ2n) is 7.04. The monoisotopic (exact) mass is 505 g/mol. The van der Waals surface area contributed by atoms with Gasteiger partial charge in [-0.3, -0.25) is 14.4 Å². The quantitative estimate of drug-likeness (QED) is 0.244. The van der Waals surface area contributed by atoms with Crippen LogP contribution in [0.3, 0.4) is 0 Å². The first-order chi connectivity index (χ1) is 16.3. The van der Waals surface area contributed by atoms with Crippen molar-refractivity contribution in [1.82, 2.24) is 0 Å². The van der Waals surface area contributed by atoms with Gasteiger partial charge in [0, 0.05) is 20.8 Å². The summed E-state index contributed by atoms with van der Waals surface area (Å²) >= 11 is 0. The topological polar surface area (TPSA) is 136 Å². The fraction of sp³-hybridized carbons (Fsp3) is 0.476. The second-order valence-corrected chi connectivity index (χ2v) is 7.04. The Balaban J connectivity index is 2.59. The van der Waals surface area contributed by atoms with Crippen molar-refractivity contribution in [2.75, 3.05) is 7.11 Å². The molecule has 14 heteroatoms. The Morgan fingerprint density at radius 3 is 1.83 bits per heavy atom. The molecular formula is C21H22F3NO10. The Morgan fingerprint density at radius 1 is 0.829 bits per heavy atom. The highest BCUT2D eigenvalue weighted by Gasteiger charge is 2.57. The molecule has 0 spiro atoms. The third-order valence-corrected chi connectivity index (χ3v) is 4.29. The van der Waals surface area contributed by atoms with Gasteiger partial charge in [-0.2, -0.15) is 13.2 Å². The summed E-state index contributed by atoms with van der Waals surface area (Å²) in [5, 5.41) is 0. The molecule has 35 heavy (non-hydrogen) atoms. The lowest BCUT2D eigenvalue weighted by molar-refractivity contribution is -0.288. The van der Waals surface area contributed by atoms with E-state index in [1.807, 2.05) is 0 Å². The number of rotatable bonds is 6. The zero-order chi connectivity index (χ0) is 26.3. The molecule has 11 nitrogen and oxygen atoms in total. The Kier molecular flexibility index (Phi) is 9.17. The number of ether oxygens (including phenoxy) is 6. The van der Waals surface area contributed by atoms with Crippen molar-refractivity contribution in [3.63, 3.8) is 0 Å². The number of aliphatic imine (C=N–C) groups is 1. The van der Waals surface area contributed by atoms with Crippen molar-refractivity contribution < 1.29 is 60.8 Å². The summed E-state index contributed by atoms with van der Waals surface area (Å²) in [5.41, 5.74) is -0.140. The largest absolute Gasteiger partial charge is 0.468 e. The number of halogens is 3. The van der Waals surface area contributed by atoms with E-state index in [1.165, 1.54) is 24.3 Å². The fourth-order valence-electron chi connectivity index (χ4n) is 3.06. The Bertz CT molecular complexity index is 966. The third-order valence-electron chi connectivity index (χ3n) is 4.29. The van der Waals surface area contributed by atoms with Crippen LogP contribution in [0.15, 0.2) is 35.3 Å². The summed E-state index contributed by atoms with van der Waals surface area (Å²) in [7, 11) is 0.934. The molecule has 0 N–H and O–H groups in total. The number of carbonyl (C=O) groups is 4. The molecule has 1 saturated heterocycles. The Morgan fingerprint density at radius 2 is 1.34 bits per heavy atom. The lowest BCUT2D eigenvalue weighted by atomic mass is 9.97.